The molecule has 0 saturated carbocycles. The highest BCUT2D eigenvalue weighted by Crippen LogP contribution is 2.44. The van der Waals surface area contributed by atoms with Gasteiger partial charge in [0.15, 0.2) is 0 Å². The van der Waals surface area contributed by atoms with E-state index in [4.69, 9.17) is 0 Å². The monoisotopic (exact) mass is 573 g/mol. The molecule has 0 spiro atoms. The van der Waals surface area contributed by atoms with Crippen LogP contribution in [0.25, 0.3) is 54.9 Å². The second kappa shape index (κ2) is 11.6. The van der Waals surface area contributed by atoms with Crippen molar-refractivity contribution >= 4 is 38.6 Å². The zero-order valence-corrected chi connectivity index (χ0v) is 24.8. The van der Waals surface area contributed by atoms with E-state index in [2.05, 4.69) is 193 Å². The van der Waals surface area contributed by atoms with E-state index in [-0.39, 0.29) is 0 Å². The highest BCUT2D eigenvalue weighted by Gasteiger charge is 2.19. The zero-order chi connectivity index (χ0) is 30.0. The van der Waals surface area contributed by atoms with Crippen LogP contribution in [0.4, 0.5) is 17.1 Å². The van der Waals surface area contributed by atoms with Crippen molar-refractivity contribution in [2.45, 2.75) is 0 Å². The molecule has 212 valence electrons. The van der Waals surface area contributed by atoms with Gasteiger partial charge in [0.05, 0.1) is 5.69 Å². The molecule has 0 aliphatic heterocycles. The summed E-state index contributed by atoms with van der Waals surface area (Å²) < 4.78 is 0. The maximum Gasteiger partial charge on any atom is 0.0546 e. The molecule has 0 aromatic heterocycles. The molecule has 0 aliphatic rings. The van der Waals surface area contributed by atoms with Crippen LogP contribution in [0.1, 0.15) is 0 Å². The summed E-state index contributed by atoms with van der Waals surface area (Å²) in [5.74, 6) is 0. The Labute approximate surface area is 264 Å². The Hall–Kier alpha value is -5.92. The second-order valence-corrected chi connectivity index (χ2v) is 11.4. The van der Waals surface area contributed by atoms with Gasteiger partial charge in [-0.1, -0.05) is 146 Å². The van der Waals surface area contributed by atoms with Gasteiger partial charge in [-0.05, 0) is 91.8 Å². The van der Waals surface area contributed by atoms with E-state index in [0.29, 0.717) is 0 Å². The van der Waals surface area contributed by atoms with Gasteiger partial charge in [0.2, 0.25) is 0 Å². The summed E-state index contributed by atoms with van der Waals surface area (Å²) in [6.07, 6.45) is 0. The van der Waals surface area contributed by atoms with Gasteiger partial charge in [0.25, 0.3) is 0 Å². The Kier molecular flexibility index (Phi) is 6.90. The number of hydrogen-bond donors (Lipinski definition) is 0. The number of hydrogen-bond acceptors (Lipinski definition) is 1. The first kappa shape index (κ1) is 26.7. The average Bonchev–Trinajstić information content (AvgIpc) is 3.12. The molecule has 0 unspecified atom stereocenters. The minimum absolute atomic E-state index is 1.11. The number of rotatable bonds is 6. The molecule has 1 heteroatoms. The molecule has 1 nitrogen and oxygen atoms in total. The Bertz CT molecular complexity index is 2150. The van der Waals surface area contributed by atoms with Crippen molar-refractivity contribution in [3.05, 3.63) is 188 Å². The largest absolute Gasteiger partial charge is 0.310 e. The fraction of sp³-hybridized carbons (Fsp3) is 0. The lowest BCUT2D eigenvalue weighted by atomic mass is 9.95. The summed E-state index contributed by atoms with van der Waals surface area (Å²) in [5.41, 5.74) is 10.6. The van der Waals surface area contributed by atoms with E-state index in [1.807, 2.05) is 0 Å². The molecule has 45 heavy (non-hydrogen) atoms. The van der Waals surface area contributed by atoms with Gasteiger partial charge in [-0.2, -0.15) is 0 Å². The maximum atomic E-state index is 2.40. The van der Waals surface area contributed by atoms with E-state index in [1.165, 1.54) is 54.9 Å². The van der Waals surface area contributed by atoms with Gasteiger partial charge in [-0.25, -0.2) is 0 Å². The lowest BCUT2D eigenvalue weighted by Crippen LogP contribution is -2.11. The van der Waals surface area contributed by atoms with Crippen molar-refractivity contribution in [3.63, 3.8) is 0 Å². The topological polar surface area (TPSA) is 3.24 Å². The summed E-state index contributed by atoms with van der Waals surface area (Å²) in [4.78, 5) is 2.40. The third-order valence-corrected chi connectivity index (χ3v) is 8.63. The van der Waals surface area contributed by atoms with Crippen LogP contribution in [0.5, 0.6) is 0 Å². The van der Waals surface area contributed by atoms with Crippen LogP contribution in [0.3, 0.4) is 0 Å². The van der Waals surface area contributed by atoms with Crippen molar-refractivity contribution in [2.24, 2.45) is 0 Å². The van der Waals surface area contributed by atoms with Gasteiger partial charge in [-0.3, -0.25) is 0 Å². The molecule has 0 atom stereocenters. The zero-order valence-electron chi connectivity index (χ0n) is 24.8. The van der Waals surface area contributed by atoms with Gasteiger partial charge < -0.3 is 4.90 Å². The summed E-state index contributed by atoms with van der Waals surface area (Å²) in [7, 11) is 0. The van der Waals surface area contributed by atoms with Crippen LogP contribution >= 0.6 is 0 Å². The Morgan fingerprint density at radius 2 is 0.667 bits per heavy atom. The summed E-state index contributed by atoms with van der Waals surface area (Å²) >= 11 is 0. The van der Waals surface area contributed by atoms with Gasteiger partial charge in [-0.15, -0.1) is 0 Å². The number of anilines is 3. The second-order valence-electron chi connectivity index (χ2n) is 11.4. The van der Waals surface area contributed by atoms with Crippen LogP contribution in [-0.2, 0) is 0 Å². The van der Waals surface area contributed by atoms with E-state index < -0.39 is 0 Å². The van der Waals surface area contributed by atoms with Crippen molar-refractivity contribution in [1.82, 2.24) is 0 Å². The quantitative estimate of drug-likeness (QED) is 0.191. The molecule has 0 radical (unpaired) electrons. The molecule has 0 bridgehead atoms. The van der Waals surface area contributed by atoms with Crippen LogP contribution < -0.4 is 4.90 Å². The third-order valence-electron chi connectivity index (χ3n) is 8.63. The smallest absolute Gasteiger partial charge is 0.0546 e. The molecule has 8 rings (SSSR count). The lowest BCUT2D eigenvalue weighted by Gasteiger charge is -2.29. The number of fused-ring (bicyclic) bond motifs is 2. The third kappa shape index (κ3) is 5.26. The van der Waals surface area contributed by atoms with Crippen LogP contribution in [0.15, 0.2) is 188 Å². The predicted molar refractivity (Wildman–Crippen MR) is 192 cm³/mol. The van der Waals surface area contributed by atoms with E-state index >= 15 is 0 Å². The summed E-state index contributed by atoms with van der Waals surface area (Å²) in [6, 6.07) is 67.8. The lowest BCUT2D eigenvalue weighted by molar-refractivity contribution is 1.29. The molecule has 0 aliphatic carbocycles. The molecule has 8 aromatic carbocycles. The molecule has 0 saturated heterocycles. The normalized spacial score (nSPS) is 11.1. The Morgan fingerprint density at radius 1 is 0.267 bits per heavy atom. The van der Waals surface area contributed by atoms with E-state index in [9.17, 15) is 0 Å². The highest BCUT2D eigenvalue weighted by atomic mass is 15.1. The predicted octanol–water partition coefficient (Wildman–Crippen LogP) is 12.5. The SMILES string of the molecule is c1ccc(-c2ccc(N(c3ccc(-c4ccccc4)cc3)c3cc4ccccc4cc3-c3ccc4ccccc4c3)cc2)cc1. The maximum absolute atomic E-state index is 2.40. The summed E-state index contributed by atoms with van der Waals surface area (Å²) in [5, 5.41) is 4.92. The first-order chi connectivity index (χ1) is 22.3. The van der Waals surface area contributed by atoms with Gasteiger partial charge in [0.1, 0.15) is 0 Å². The van der Waals surface area contributed by atoms with Crippen molar-refractivity contribution in [1.29, 1.82) is 0 Å². The first-order valence-corrected chi connectivity index (χ1v) is 15.4. The van der Waals surface area contributed by atoms with Crippen LogP contribution in [0.2, 0.25) is 0 Å². The standard InChI is InChI=1S/C44H31N/c1-3-11-32(12-4-1)35-21-25-41(26-22-35)45(42-27-23-36(24-28-42)33-13-5-2-6-14-33)44-31-39-18-10-9-17-38(39)30-43(44)40-20-19-34-15-7-8-16-37(34)29-40/h1-31H. The Morgan fingerprint density at radius 3 is 1.20 bits per heavy atom. The number of benzene rings is 8. The van der Waals surface area contributed by atoms with Crippen molar-refractivity contribution in [2.75, 3.05) is 4.90 Å². The molecule has 0 amide bonds. The molecular weight excluding hydrogens is 542 g/mol. The molecule has 0 heterocycles. The molecular formula is C44H31N. The van der Waals surface area contributed by atoms with Crippen molar-refractivity contribution < 1.29 is 0 Å². The van der Waals surface area contributed by atoms with E-state index in [0.717, 1.165) is 17.1 Å². The highest BCUT2D eigenvalue weighted by molar-refractivity contribution is 6.00. The minimum Gasteiger partial charge on any atom is -0.310 e. The fourth-order valence-corrected chi connectivity index (χ4v) is 6.30. The van der Waals surface area contributed by atoms with Gasteiger partial charge >= 0.3 is 0 Å². The van der Waals surface area contributed by atoms with E-state index in [1.54, 1.807) is 0 Å². The molecule has 0 N–H and O–H groups in total. The summed E-state index contributed by atoms with van der Waals surface area (Å²) in [6.45, 7) is 0. The van der Waals surface area contributed by atoms with Crippen LogP contribution in [0, 0.1) is 0 Å². The molecule has 8 aromatic rings. The van der Waals surface area contributed by atoms with Gasteiger partial charge in [0, 0.05) is 16.9 Å². The number of nitrogens with zero attached hydrogens (tertiary/aromatic N) is 1. The minimum atomic E-state index is 1.11. The first-order valence-electron chi connectivity index (χ1n) is 15.4. The Balaban J connectivity index is 1.33. The van der Waals surface area contributed by atoms with Crippen LogP contribution in [-0.4, -0.2) is 0 Å². The van der Waals surface area contributed by atoms with Crippen molar-refractivity contribution in [3.8, 4) is 33.4 Å². The average molecular weight is 574 g/mol. The molecule has 0 fully saturated rings. The fourth-order valence-electron chi connectivity index (χ4n) is 6.30.